The number of benzene rings is 1. The van der Waals surface area contributed by atoms with E-state index in [4.69, 9.17) is 4.74 Å². The average Bonchev–Trinajstić information content (AvgIpc) is 2.95. The maximum Gasteiger partial charge on any atom is 0.233 e. The highest BCUT2D eigenvalue weighted by Crippen LogP contribution is 2.30. The normalized spacial score (nSPS) is 13.2. The summed E-state index contributed by atoms with van der Waals surface area (Å²) < 4.78 is 7.36. The van der Waals surface area contributed by atoms with Crippen LogP contribution in [0.3, 0.4) is 0 Å². The zero-order chi connectivity index (χ0) is 19.1. The highest BCUT2D eigenvalue weighted by molar-refractivity contribution is 8.00. The maximum atomic E-state index is 12.4. The van der Waals surface area contributed by atoms with Gasteiger partial charge >= 0.3 is 0 Å². The minimum Gasteiger partial charge on any atom is -0.497 e. The second-order valence-corrected chi connectivity index (χ2v) is 8.69. The van der Waals surface area contributed by atoms with Gasteiger partial charge < -0.3 is 10.1 Å². The van der Waals surface area contributed by atoms with E-state index in [1.165, 1.54) is 11.8 Å². The summed E-state index contributed by atoms with van der Waals surface area (Å²) in [5.41, 5.74) is 2.58. The van der Waals surface area contributed by atoms with Crippen molar-refractivity contribution in [2.75, 3.05) is 7.11 Å². The molecule has 1 N–H and O–H groups in total. The molecule has 2 heterocycles. The lowest BCUT2D eigenvalue weighted by Crippen LogP contribution is -2.44. The van der Waals surface area contributed by atoms with Gasteiger partial charge in [-0.25, -0.2) is 0 Å². The quantitative estimate of drug-likeness (QED) is 0.709. The standard InChI is InChI=1S/C19H24N4O2S/c1-11-9-16-21-22-18(26-12(2)17(24)20-19(3,4)5)23(16)15-10-13(25-6)7-8-14(11)15/h7-10,12H,1-6H3,(H,20,24). The van der Waals surface area contributed by atoms with Crippen molar-refractivity contribution in [1.82, 2.24) is 19.9 Å². The first-order valence-electron chi connectivity index (χ1n) is 8.51. The topological polar surface area (TPSA) is 68.5 Å². The number of carbonyl (C=O) groups excluding carboxylic acids is 1. The van der Waals surface area contributed by atoms with Crippen LogP contribution < -0.4 is 10.1 Å². The van der Waals surface area contributed by atoms with Crippen molar-refractivity contribution in [1.29, 1.82) is 0 Å². The van der Waals surface area contributed by atoms with Gasteiger partial charge in [0.25, 0.3) is 0 Å². The number of hydrogen-bond donors (Lipinski definition) is 1. The predicted octanol–water partition coefficient (Wildman–Crippen LogP) is 3.59. The number of nitrogens with zero attached hydrogens (tertiary/aromatic N) is 3. The van der Waals surface area contributed by atoms with Gasteiger partial charge in [0.05, 0.1) is 17.9 Å². The third-order valence-electron chi connectivity index (χ3n) is 4.02. The number of methoxy groups -OCH3 is 1. The van der Waals surface area contributed by atoms with Crippen molar-refractivity contribution in [2.45, 2.75) is 50.6 Å². The number of aromatic nitrogens is 3. The Kier molecular flexibility index (Phi) is 4.84. The molecule has 138 valence electrons. The molecule has 0 aliphatic rings. The highest BCUT2D eigenvalue weighted by atomic mass is 32.2. The zero-order valence-corrected chi connectivity index (χ0v) is 16.8. The minimum absolute atomic E-state index is 0.0201. The molecule has 0 aliphatic heterocycles. The van der Waals surface area contributed by atoms with E-state index in [0.717, 1.165) is 27.9 Å². The third kappa shape index (κ3) is 3.62. The molecule has 3 aromatic rings. The molecule has 7 heteroatoms. The molecule has 0 bridgehead atoms. The van der Waals surface area contributed by atoms with Crippen molar-refractivity contribution in [3.8, 4) is 5.75 Å². The Hall–Kier alpha value is -2.28. The number of fused-ring (bicyclic) bond motifs is 3. The Morgan fingerprint density at radius 3 is 2.65 bits per heavy atom. The molecule has 1 amide bonds. The highest BCUT2D eigenvalue weighted by Gasteiger charge is 2.22. The van der Waals surface area contributed by atoms with Gasteiger partial charge in [-0.2, -0.15) is 0 Å². The van der Waals surface area contributed by atoms with Crippen LogP contribution in [0, 0.1) is 6.92 Å². The number of ether oxygens (including phenoxy) is 1. The number of rotatable bonds is 4. The number of hydrogen-bond acceptors (Lipinski definition) is 5. The fourth-order valence-electron chi connectivity index (χ4n) is 2.79. The number of thioether (sulfide) groups is 1. The number of carbonyl (C=O) groups is 1. The molecule has 26 heavy (non-hydrogen) atoms. The van der Waals surface area contributed by atoms with Crippen molar-refractivity contribution in [3.05, 3.63) is 29.8 Å². The Balaban J connectivity index is 2.04. The molecule has 2 aromatic heterocycles. The van der Waals surface area contributed by atoms with Gasteiger partial charge in [0.1, 0.15) is 5.75 Å². The molecular weight excluding hydrogens is 348 g/mol. The molecule has 0 spiro atoms. The van der Waals surface area contributed by atoms with Crippen molar-refractivity contribution in [3.63, 3.8) is 0 Å². The fourth-order valence-corrected chi connectivity index (χ4v) is 3.66. The SMILES string of the molecule is COc1ccc2c(C)cc3nnc(SC(C)C(=O)NC(C)(C)C)n3c2c1. The van der Waals surface area contributed by atoms with Crippen LogP contribution in [0.5, 0.6) is 5.75 Å². The summed E-state index contributed by atoms with van der Waals surface area (Å²) in [6, 6.07) is 7.96. The van der Waals surface area contributed by atoms with Crippen molar-refractivity contribution >= 4 is 34.2 Å². The average molecular weight is 372 g/mol. The first kappa shape index (κ1) is 18.5. The molecule has 3 rings (SSSR count). The van der Waals surface area contributed by atoms with Gasteiger partial charge in [0, 0.05) is 17.0 Å². The summed E-state index contributed by atoms with van der Waals surface area (Å²) in [5.74, 6) is 0.751. The maximum absolute atomic E-state index is 12.4. The van der Waals surface area contributed by atoms with Gasteiger partial charge in [-0.05, 0) is 58.4 Å². The van der Waals surface area contributed by atoms with Crippen molar-refractivity contribution in [2.24, 2.45) is 0 Å². The van der Waals surface area contributed by atoms with E-state index in [1.807, 2.05) is 56.4 Å². The third-order valence-corrected chi connectivity index (χ3v) is 5.07. The van der Waals surface area contributed by atoms with E-state index in [0.29, 0.717) is 5.16 Å². The van der Waals surface area contributed by atoms with Gasteiger partial charge in [0.2, 0.25) is 5.91 Å². The lowest BCUT2D eigenvalue weighted by molar-refractivity contribution is -0.121. The molecule has 0 fully saturated rings. The summed E-state index contributed by atoms with van der Waals surface area (Å²) in [7, 11) is 1.65. The van der Waals surface area contributed by atoms with Crippen LogP contribution in [0.15, 0.2) is 29.4 Å². The van der Waals surface area contributed by atoms with Crippen LogP contribution in [0.25, 0.3) is 16.6 Å². The number of pyridine rings is 1. The van der Waals surface area contributed by atoms with Gasteiger partial charge in [-0.1, -0.05) is 11.8 Å². The molecule has 6 nitrogen and oxygen atoms in total. The summed E-state index contributed by atoms with van der Waals surface area (Å²) in [4.78, 5) is 12.4. The van der Waals surface area contributed by atoms with Crippen LogP contribution >= 0.6 is 11.8 Å². The Labute approximate surface area is 157 Å². The van der Waals surface area contributed by atoms with Crippen LogP contribution in [0.2, 0.25) is 0 Å². The van der Waals surface area contributed by atoms with E-state index >= 15 is 0 Å². The molecule has 1 unspecified atom stereocenters. The van der Waals surface area contributed by atoms with E-state index in [9.17, 15) is 4.79 Å². The summed E-state index contributed by atoms with van der Waals surface area (Å²) >= 11 is 1.40. The molecule has 0 saturated heterocycles. The number of amides is 1. The Bertz CT molecular complexity index is 975. The van der Waals surface area contributed by atoms with E-state index in [1.54, 1.807) is 7.11 Å². The predicted molar refractivity (Wildman–Crippen MR) is 105 cm³/mol. The molecular formula is C19H24N4O2S. The summed E-state index contributed by atoms with van der Waals surface area (Å²) in [6.45, 7) is 9.84. The second-order valence-electron chi connectivity index (χ2n) is 7.39. The fraction of sp³-hybridized carbons (Fsp3) is 0.421. The van der Waals surface area contributed by atoms with E-state index < -0.39 is 0 Å². The molecule has 1 atom stereocenters. The smallest absolute Gasteiger partial charge is 0.233 e. The van der Waals surface area contributed by atoms with Gasteiger partial charge in [0.15, 0.2) is 10.8 Å². The minimum atomic E-state index is -0.288. The van der Waals surface area contributed by atoms with Crippen molar-refractivity contribution < 1.29 is 9.53 Å². The number of nitrogens with one attached hydrogen (secondary N) is 1. The molecule has 1 aromatic carbocycles. The van der Waals surface area contributed by atoms with Gasteiger partial charge in [-0.3, -0.25) is 9.20 Å². The molecule has 0 radical (unpaired) electrons. The first-order chi connectivity index (χ1) is 12.2. The number of aryl methyl sites for hydroxylation is 1. The van der Waals surface area contributed by atoms with E-state index in [-0.39, 0.29) is 16.7 Å². The zero-order valence-electron chi connectivity index (χ0n) is 16.0. The molecule has 0 aliphatic carbocycles. The summed E-state index contributed by atoms with van der Waals surface area (Å²) in [6.07, 6.45) is 0. The van der Waals surface area contributed by atoms with Gasteiger partial charge in [-0.15, -0.1) is 10.2 Å². The lowest BCUT2D eigenvalue weighted by Gasteiger charge is -2.22. The second kappa shape index (κ2) is 6.79. The Morgan fingerprint density at radius 1 is 1.27 bits per heavy atom. The van der Waals surface area contributed by atoms with E-state index in [2.05, 4.69) is 22.4 Å². The lowest BCUT2D eigenvalue weighted by atomic mass is 10.1. The largest absolute Gasteiger partial charge is 0.497 e. The molecule has 0 saturated carbocycles. The first-order valence-corrected chi connectivity index (χ1v) is 9.39. The summed E-state index contributed by atoms with van der Waals surface area (Å²) in [5, 5.41) is 13.1. The van der Waals surface area contributed by atoms with Crippen LogP contribution in [-0.4, -0.2) is 38.4 Å². The van der Waals surface area contributed by atoms with Crippen LogP contribution in [0.1, 0.15) is 33.3 Å². The Morgan fingerprint density at radius 2 is 2.00 bits per heavy atom. The monoisotopic (exact) mass is 372 g/mol. The van der Waals surface area contributed by atoms with Crippen LogP contribution in [-0.2, 0) is 4.79 Å². The van der Waals surface area contributed by atoms with Crippen LogP contribution in [0.4, 0.5) is 0 Å².